The lowest BCUT2D eigenvalue weighted by Gasteiger charge is -2.00. The lowest BCUT2D eigenvalue weighted by atomic mass is 10.2. The van der Waals surface area contributed by atoms with E-state index in [1.165, 1.54) is 0 Å². The van der Waals surface area contributed by atoms with Gasteiger partial charge >= 0.3 is 0 Å². The van der Waals surface area contributed by atoms with Gasteiger partial charge in [0.25, 0.3) is 0 Å². The molecule has 0 fully saturated rings. The summed E-state index contributed by atoms with van der Waals surface area (Å²) in [4.78, 5) is 0. The Kier molecular flexibility index (Phi) is 3.65. The molecule has 1 N–H and O–H groups in total. The van der Waals surface area contributed by atoms with Crippen LogP contribution in [0.3, 0.4) is 0 Å². The Bertz CT molecular complexity index is 911. The average molecular weight is 362 g/mol. The topological polar surface area (TPSA) is 42.5 Å². The lowest BCUT2D eigenvalue weighted by molar-refractivity contribution is 0.474. The second kappa shape index (κ2) is 5.46. The van der Waals surface area contributed by atoms with Gasteiger partial charge in [-0.1, -0.05) is 28.1 Å². The molecule has 0 saturated carbocycles. The van der Waals surface area contributed by atoms with Gasteiger partial charge in [-0.25, -0.2) is 4.68 Å². The van der Waals surface area contributed by atoms with Crippen molar-refractivity contribution in [1.29, 1.82) is 0 Å². The quantitative estimate of drug-likeness (QED) is 0.552. The van der Waals surface area contributed by atoms with E-state index in [0.29, 0.717) is 10.3 Å². The molecular formula is C15H12BrN3OS. The van der Waals surface area contributed by atoms with Gasteiger partial charge in [-0.3, -0.25) is 0 Å². The van der Waals surface area contributed by atoms with Crippen molar-refractivity contribution in [1.82, 2.24) is 9.24 Å². The molecule has 4 nitrogen and oxygen atoms in total. The number of hydrogen-bond acceptors (Lipinski definition) is 3. The van der Waals surface area contributed by atoms with Gasteiger partial charge < -0.3 is 9.67 Å². The van der Waals surface area contributed by atoms with Gasteiger partial charge in [0.05, 0.1) is 17.2 Å². The summed E-state index contributed by atoms with van der Waals surface area (Å²) in [6.45, 7) is 0. The van der Waals surface area contributed by atoms with E-state index in [0.717, 1.165) is 15.5 Å². The molecule has 0 spiro atoms. The highest BCUT2D eigenvalue weighted by Gasteiger charge is 2.06. The second-order valence-corrected chi connectivity index (χ2v) is 5.87. The molecule has 3 aromatic rings. The summed E-state index contributed by atoms with van der Waals surface area (Å²) in [5, 5.41) is 14.3. The molecule has 0 bridgehead atoms. The van der Waals surface area contributed by atoms with E-state index in [9.17, 15) is 5.11 Å². The Morgan fingerprint density at radius 1 is 1.19 bits per heavy atom. The molecule has 1 heterocycles. The van der Waals surface area contributed by atoms with Crippen molar-refractivity contribution < 1.29 is 5.11 Å². The molecule has 0 amide bonds. The summed E-state index contributed by atoms with van der Waals surface area (Å²) in [6, 6.07) is 13.1. The molecule has 0 radical (unpaired) electrons. The molecule has 0 aliphatic carbocycles. The minimum absolute atomic E-state index is 0.175. The van der Waals surface area contributed by atoms with Crippen LogP contribution in [0.5, 0.6) is 5.75 Å². The van der Waals surface area contributed by atoms with Gasteiger partial charge in [-0.05, 0) is 42.5 Å². The van der Waals surface area contributed by atoms with Crippen LogP contribution in [0, 0.1) is 4.77 Å². The first-order valence-corrected chi connectivity index (χ1v) is 7.47. The summed E-state index contributed by atoms with van der Waals surface area (Å²) in [5.41, 5.74) is 2.56. The third kappa shape index (κ3) is 2.52. The first-order valence-electron chi connectivity index (χ1n) is 6.27. The van der Waals surface area contributed by atoms with E-state index in [1.54, 1.807) is 29.1 Å². The fourth-order valence-corrected chi connectivity index (χ4v) is 2.76. The number of benzene rings is 2. The zero-order valence-corrected chi connectivity index (χ0v) is 13.6. The largest absolute Gasteiger partial charge is 0.507 e. The summed E-state index contributed by atoms with van der Waals surface area (Å²) in [6.07, 6.45) is 1.60. The fraction of sp³-hybridized carbons (Fsp3) is 0.0667. The van der Waals surface area contributed by atoms with Gasteiger partial charge in [-0.2, -0.15) is 5.10 Å². The van der Waals surface area contributed by atoms with Crippen molar-refractivity contribution in [3.05, 3.63) is 57.3 Å². The van der Waals surface area contributed by atoms with Crippen molar-refractivity contribution >= 4 is 45.4 Å². The predicted octanol–water partition coefficient (Wildman–Crippen LogP) is 4.06. The smallest absolute Gasteiger partial charge is 0.201 e. The van der Waals surface area contributed by atoms with E-state index in [-0.39, 0.29) is 5.75 Å². The van der Waals surface area contributed by atoms with E-state index < -0.39 is 0 Å². The number of para-hydroxylation sites is 2. The van der Waals surface area contributed by atoms with Crippen molar-refractivity contribution in [3.8, 4) is 5.75 Å². The number of aryl methyl sites for hydroxylation is 1. The molecule has 1 aromatic heterocycles. The molecule has 106 valence electrons. The zero-order valence-electron chi connectivity index (χ0n) is 11.2. The molecule has 21 heavy (non-hydrogen) atoms. The molecule has 3 rings (SSSR count). The lowest BCUT2D eigenvalue weighted by Crippen LogP contribution is -1.93. The number of imidazole rings is 1. The van der Waals surface area contributed by atoms with Crippen LogP contribution in [0.1, 0.15) is 5.56 Å². The molecule has 0 unspecified atom stereocenters. The van der Waals surface area contributed by atoms with Crippen molar-refractivity contribution in [2.45, 2.75) is 0 Å². The maximum absolute atomic E-state index is 9.85. The molecule has 0 saturated heterocycles. The summed E-state index contributed by atoms with van der Waals surface area (Å²) < 4.78 is 5.07. The van der Waals surface area contributed by atoms with E-state index in [1.807, 2.05) is 35.9 Å². The molecular weight excluding hydrogens is 350 g/mol. The van der Waals surface area contributed by atoms with Crippen LogP contribution in [0.25, 0.3) is 11.0 Å². The number of aromatic nitrogens is 2. The summed E-state index contributed by atoms with van der Waals surface area (Å²) >= 11 is 8.79. The van der Waals surface area contributed by atoms with Crippen LogP contribution in [0.15, 0.2) is 52.0 Å². The Morgan fingerprint density at radius 2 is 1.90 bits per heavy atom. The summed E-state index contributed by atoms with van der Waals surface area (Å²) in [5.74, 6) is 0.175. The van der Waals surface area contributed by atoms with Crippen LogP contribution >= 0.6 is 28.1 Å². The highest BCUT2D eigenvalue weighted by molar-refractivity contribution is 9.10. The highest BCUT2D eigenvalue weighted by atomic mass is 79.9. The maximum atomic E-state index is 9.85. The monoisotopic (exact) mass is 361 g/mol. The van der Waals surface area contributed by atoms with Crippen molar-refractivity contribution in [2.24, 2.45) is 12.1 Å². The highest BCUT2D eigenvalue weighted by Crippen LogP contribution is 2.21. The maximum Gasteiger partial charge on any atom is 0.201 e. The number of phenolic OH excluding ortho intramolecular Hbond substituents is 1. The zero-order chi connectivity index (χ0) is 15.0. The number of rotatable bonds is 2. The molecule has 0 aliphatic heterocycles. The number of phenols is 1. The van der Waals surface area contributed by atoms with E-state index >= 15 is 0 Å². The Labute approximate surface area is 135 Å². The van der Waals surface area contributed by atoms with Gasteiger partial charge in [0.2, 0.25) is 4.77 Å². The van der Waals surface area contributed by atoms with Crippen molar-refractivity contribution in [3.63, 3.8) is 0 Å². The van der Waals surface area contributed by atoms with Crippen LogP contribution in [-0.2, 0) is 7.05 Å². The van der Waals surface area contributed by atoms with Crippen LogP contribution in [0.4, 0.5) is 0 Å². The third-order valence-electron chi connectivity index (χ3n) is 3.24. The minimum atomic E-state index is 0.175. The normalized spacial score (nSPS) is 11.5. The van der Waals surface area contributed by atoms with E-state index in [4.69, 9.17) is 12.2 Å². The number of nitrogens with zero attached hydrogens (tertiary/aromatic N) is 3. The van der Waals surface area contributed by atoms with Gasteiger partial charge in [0.15, 0.2) is 0 Å². The second-order valence-electron chi connectivity index (χ2n) is 4.59. The third-order valence-corrected chi connectivity index (χ3v) is 4.18. The Hall–Kier alpha value is -1.92. The van der Waals surface area contributed by atoms with Crippen LogP contribution in [-0.4, -0.2) is 20.6 Å². The molecule has 6 heteroatoms. The Morgan fingerprint density at radius 3 is 2.67 bits per heavy atom. The molecule has 0 aliphatic rings. The molecule has 2 aromatic carbocycles. The van der Waals surface area contributed by atoms with Crippen LogP contribution in [0.2, 0.25) is 0 Å². The standard InChI is InChI=1S/C15H12BrN3OS/c1-18-12-4-2-3-5-13(12)19(15(18)21)17-9-10-8-11(16)6-7-14(10)20/h2-9,20H,1H3. The minimum Gasteiger partial charge on any atom is -0.507 e. The number of fused-ring (bicyclic) bond motifs is 1. The van der Waals surface area contributed by atoms with Gasteiger partial charge in [-0.15, -0.1) is 0 Å². The van der Waals surface area contributed by atoms with Crippen LogP contribution < -0.4 is 0 Å². The average Bonchev–Trinajstić information content (AvgIpc) is 2.73. The molecule has 0 atom stereocenters. The summed E-state index contributed by atoms with van der Waals surface area (Å²) in [7, 11) is 1.91. The first kappa shape index (κ1) is 14.0. The number of aromatic hydroxyl groups is 1. The van der Waals surface area contributed by atoms with Crippen molar-refractivity contribution in [2.75, 3.05) is 0 Å². The SMILES string of the molecule is Cn1c(=S)n(N=Cc2cc(Br)ccc2O)c2ccccc21. The number of halogens is 1. The van der Waals surface area contributed by atoms with E-state index in [2.05, 4.69) is 21.0 Å². The van der Waals surface area contributed by atoms with Gasteiger partial charge in [0, 0.05) is 17.1 Å². The number of hydrogen-bond donors (Lipinski definition) is 1. The fourth-order valence-electron chi connectivity index (χ4n) is 2.14. The first-order chi connectivity index (χ1) is 10.1. The predicted molar refractivity (Wildman–Crippen MR) is 90.5 cm³/mol. The Balaban J connectivity index is 2.14. The van der Waals surface area contributed by atoms with Gasteiger partial charge in [0.1, 0.15) is 5.75 Å².